The molecule has 0 radical (unpaired) electrons. The lowest BCUT2D eigenvalue weighted by atomic mass is 10.1. The number of rotatable bonds is 4. The van der Waals surface area contributed by atoms with Crippen molar-refractivity contribution in [1.82, 2.24) is 10.2 Å². The van der Waals surface area contributed by atoms with E-state index < -0.39 is 0 Å². The molecule has 0 aromatic heterocycles. The van der Waals surface area contributed by atoms with E-state index in [1.807, 2.05) is 6.08 Å². The van der Waals surface area contributed by atoms with E-state index in [2.05, 4.69) is 30.6 Å². The van der Waals surface area contributed by atoms with E-state index in [0.717, 1.165) is 25.6 Å². The Bertz CT molecular complexity index is 156. The Labute approximate surface area is 82.0 Å². The molecule has 0 saturated carbocycles. The predicted octanol–water partition coefficient (Wildman–Crippen LogP) is 1.63. The third-order valence-corrected chi connectivity index (χ3v) is 2.94. The number of piperazine rings is 1. The van der Waals surface area contributed by atoms with Crippen LogP contribution < -0.4 is 5.32 Å². The van der Waals surface area contributed by atoms with Crippen LogP contribution in [0.3, 0.4) is 0 Å². The van der Waals surface area contributed by atoms with Crippen molar-refractivity contribution in [2.75, 3.05) is 19.6 Å². The molecular weight excluding hydrogens is 160 g/mol. The van der Waals surface area contributed by atoms with Crippen LogP contribution in [0.2, 0.25) is 0 Å². The highest BCUT2D eigenvalue weighted by atomic mass is 15.2. The number of hydrogen-bond donors (Lipinski definition) is 1. The summed E-state index contributed by atoms with van der Waals surface area (Å²) in [6, 6.07) is 1.38. The van der Waals surface area contributed by atoms with Crippen molar-refractivity contribution in [1.29, 1.82) is 0 Å². The quantitative estimate of drug-likeness (QED) is 0.665. The Hall–Kier alpha value is -0.340. The first kappa shape index (κ1) is 10.7. The van der Waals surface area contributed by atoms with E-state index in [0.29, 0.717) is 6.04 Å². The minimum Gasteiger partial charge on any atom is -0.314 e. The number of nitrogens with zero attached hydrogens (tertiary/aromatic N) is 1. The van der Waals surface area contributed by atoms with Crippen molar-refractivity contribution < 1.29 is 0 Å². The minimum absolute atomic E-state index is 0.657. The molecule has 13 heavy (non-hydrogen) atoms. The van der Waals surface area contributed by atoms with E-state index in [-0.39, 0.29) is 0 Å². The van der Waals surface area contributed by atoms with Crippen LogP contribution in [0, 0.1) is 0 Å². The summed E-state index contributed by atoms with van der Waals surface area (Å²) in [5, 5.41) is 3.45. The maximum absolute atomic E-state index is 3.80. The summed E-state index contributed by atoms with van der Waals surface area (Å²) in [5.41, 5.74) is 0. The Morgan fingerprint density at radius 1 is 1.69 bits per heavy atom. The van der Waals surface area contributed by atoms with Gasteiger partial charge in [0.05, 0.1) is 0 Å². The second-order valence-corrected chi connectivity index (χ2v) is 3.88. The Morgan fingerprint density at radius 3 is 3.08 bits per heavy atom. The molecule has 0 bridgehead atoms. The Balaban J connectivity index is 2.47. The molecule has 2 nitrogen and oxygen atoms in total. The first-order chi connectivity index (χ1) is 6.29. The molecule has 1 aliphatic rings. The smallest absolute Gasteiger partial charge is 0.0221 e. The monoisotopic (exact) mass is 182 g/mol. The van der Waals surface area contributed by atoms with Crippen molar-refractivity contribution >= 4 is 0 Å². The van der Waals surface area contributed by atoms with Crippen LogP contribution in [0.5, 0.6) is 0 Å². The molecule has 0 aromatic rings. The summed E-state index contributed by atoms with van der Waals surface area (Å²) in [7, 11) is 0. The van der Waals surface area contributed by atoms with Gasteiger partial charge in [-0.15, -0.1) is 6.58 Å². The maximum atomic E-state index is 3.80. The summed E-state index contributed by atoms with van der Waals surface area (Å²) in [6.45, 7) is 11.9. The first-order valence-electron chi connectivity index (χ1n) is 5.37. The van der Waals surface area contributed by atoms with Gasteiger partial charge in [0.1, 0.15) is 0 Å². The highest BCUT2D eigenvalue weighted by Crippen LogP contribution is 2.13. The molecule has 1 heterocycles. The van der Waals surface area contributed by atoms with Gasteiger partial charge in [-0.1, -0.05) is 13.0 Å². The van der Waals surface area contributed by atoms with Crippen LogP contribution in [0.15, 0.2) is 12.7 Å². The van der Waals surface area contributed by atoms with Gasteiger partial charge in [0, 0.05) is 31.7 Å². The van der Waals surface area contributed by atoms with E-state index in [4.69, 9.17) is 0 Å². The van der Waals surface area contributed by atoms with Crippen molar-refractivity contribution in [3.63, 3.8) is 0 Å². The average molecular weight is 182 g/mol. The van der Waals surface area contributed by atoms with Gasteiger partial charge in [-0.2, -0.15) is 0 Å². The summed E-state index contributed by atoms with van der Waals surface area (Å²) in [4.78, 5) is 2.61. The fraction of sp³-hybridized carbons (Fsp3) is 0.818. The van der Waals surface area contributed by atoms with Crippen LogP contribution in [-0.4, -0.2) is 36.6 Å². The topological polar surface area (TPSA) is 15.3 Å². The summed E-state index contributed by atoms with van der Waals surface area (Å²) >= 11 is 0. The van der Waals surface area contributed by atoms with Crippen LogP contribution >= 0.6 is 0 Å². The van der Waals surface area contributed by atoms with Gasteiger partial charge >= 0.3 is 0 Å². The lowest BCUT2D eigenvalue weighted by molar-refractivity contribution is 0.113. The SMILES string of the molecule is C=CCC(C)N1CCNCC1CC. The van der Waals surface area contributed by atoms with Gasteiger partial charge in [0.2, 0.25) is 0 Å². The maximum Gasteiger partial charge on any atom is 0.0221 e. The molecule has 0 spiro atoms. The van der Waals surface area contributed by atoms with Crippen molar-refractivity contribution in [3.8, 4) is 0 Å². The second-order valence-electron chi connectivity index (χ2n) is 3.88. The van der Waals surface area contributed by atoms with Gasteiger partial charge in [-0.05, 0) is 19.8 Å². The molecule has 1 aliphatic heterocycles. The largest absolute Gasteiger partial charge is 0.314 e. The second kappa shape index (κ2) is 5.40. The van der Waals surface area contributed by atoms with E-state index in [1.165, 1.54) is 13.0 Å². The summed E-state index contributed by atoms with van der Waals surface area (Å²) < 4.78 is 0. The molecule has 0 aromatic carbocycles. The van der Waals surface area contributed by atoms with Crippen molar-refractivity contribution in [2.24, 2.45) is 0 Å². The fourth-order valence-corrected chi connectivity index (χ4v) is 2.11. The molecular formula is C11H22N2. The lowest BCUT2D eigenvalue weighted by Gasteiger charge is -2.39. The zero-order chi connectivity index (χ0) is 9.68. The van der Waals surface area contributed by atoms with E-state index in [9.17, 15) is 0 Å². The van der Waals surface area contributed by atoms with Crippen molar-refractivity contribution in [3.05, 3.63) is 12.7 Å². The molecule has 1 saturated heterocycles. The number of nitrogens with one attached hydrogen (secondary N) is 1. The number of hydrogen-bond acceptors (Lipinski definition) is 2. The zero-order valence-corrected chi connectivity index (χ0v) is 8.92. The van der Waals surface area contributed by atoms with Gasteiger partial charge in [0.25, 0.3) is 0 Å². The molecule has 76 valence electrons. The predicted molar refractivity (Wildman–Crippen MR) is 57.9 cm³/mol. The average Bonchev–Trinajstić information content (AvgIpc) is 2.18. The standard InChI is InChI=1S/C11H22N2/c1-4-6-10(3)13-8-7-12-9-11(13)5-2/h4,10-12H,1,5-9H2,2-3H3. The molecule has 2 unspecified atom stereocenters. The molecule has 2 heteroatoms. The van der Waals surface area contributed by atoms with Crippen LogP contribution in [0.4, 0.5) is 0 Å². The van der Waals surface area contributed by atoms with Crippen molar-refractivity contribution in [2.45, 2.75) is 38.8 Å². The molecule has 0 aliphatic carbocycles. The minimum atomic E-state index is 0.657. The molecule has 2 atom stereocenters. The van der Waals surface area contributed by atoms with Crippen LogP contribution in [-0.2, 0) is 0 Å². The Kier molecular flexibility index (Phi) is 4.46. The lowest BCUT2D eigenvalue weighted by Crippen LogP contribution is -2.54. The van der Waals surface area contributed by atoms with Gasteiger partial charge < -0.3 is 5.32 Å². The summed E-state index contributed by atoms with van der Waals surface area (Å²) in [5.74, 6) is 0. The summed E-state index contributed by atoms with van der Waals surface area (Å²) in [6.07, 6.45) is 4.38. The highest BCUT2D eigenvalue weighted by Gasteiger charge is 2.23. The van der Waals surface area contributed by atoms with Crippen LogP contribution in [0.25, 0.3) is 0 Å². The van der Waals surface area contributed by atoms with Crippen LogP contribution in [0.1, 0.15) is 26.7 Å². The Morgan fingerprint density at radius 2 is 2.46 bits per heavy atom. The van der Waals surface area contributed by atoms with E-state index >= 15 is 0 Å². The first-order valence-corrected chi connectivity index (χ1v) is 5.37. The third kappa shape index (κ3) is 2.82. The van der Waals surface area contributed by atoms with Gasteiger partial charge in [0.15, 0.2) is 0 Å². The molecule has 1 N–H and O–H groups in total. The zero-order valence-electron chi connectivity index (χ0n) is 8.92. The normalized spacial score (nSPS) is 27.1. The third-order valence-electron chi connectivity index (χ3n) is 2.94. The molecule has 1 fully saturated rings. The van der Waals surface area contributed by atoms with Gasteiger partial charge in [-0.25, -0.2) is 0 Å². The molecule has 0 amide bonds. The van der Waals surface area contributed by atoms with Gasteiger partial charge in [-0.3, -0.25) is 4.90 Å². The highest BCUT2D eigenvalue weighted by molar-refractivity contribution is 4.85. The fourth-order valence-electron chi connectivity index (χ4n) is 2.11. The molecule has 1 rings (SSSR count). The van der Waals surface area contributed by atoms with E-state index in [1.54, 1.807) is 0 Å².